The van der Waals surface area contributed by atoms with Gasteiger partial charge in [0.25, 0.3) is 0 Å². The second-order valence-corrected chi connectivity index (χ2v) is 13.0. The first-order valence-electron chi connectivity index (χ1n) is 16.9. The molecule has 0 radical (unpaired) electrons. The van der Waals surface area contributed by atoms with E-state index in [1.54, 1.807) is 0 Å². The maximum absolute atomic E-state index is 6.66. The van der Waals surface area contributed by atoms with Crippen LogP contribution in [0.1, 0.15) is 0 Å². The van der Waals surface area contributed by atoms with Crippen molar-refractivity contribution in [3.8, 4) is 28.3 Å². The molecule has 0 N–H and O–H groups in total. The van der Waals surface area contributed by atoms with E-state index >= 15 is 0 Å². The van der Waals surface area contributed by atoms with Gasteiger partial charge in [0.15, 0.2) is 5.82 Å². The van der Waals surface area contributed by atoms with Crippen molar-refractivity contribution in [2.45, 2.75) is 0 Å². The number of fused-ring (bicyclic) bond motifs is 10. The second kappa shape index (κ2) is 10.4. The normalized spacial score (nSPS) is 12.0. The second-order valence-electron chi connectivity index (χ2n) is 13.0. The van der Waals surface area contributed by atoms with Gasteiger partial charge in [-0.3, -0.25) is 0 Å². The molecule has 0 spiro atoms. The van der Waals surface area contributed by atoms with Crippen LogP contribution in [0.3, 0.4) is 0 Å². The fourth-order valence-electron chi connectivity index (χ4n) is 7.86. The quantitative estimate of drug-likeness (QED) is 0.194. The molecule has 0 fully saturated rings. The van der Waals surface area contributed by atoms with Crippen LogP contribution < -0.4 is 0 Å². The zero-order chi connectivity index (χ0) is 32.8. The molecule has 4 heteroatoms. The van der Waals surface area contributed by atoms with Crippen molar-refractivity contribution in [2.75, 3.05) is 0 Å². The fourth-order valence-corrected chi connectivity index (χ4v) is 7.86. The highest BCUT2D eigenvalue weighted by Crippen LogP contribution is 2.41. The molecule has 0 atom stereocenters. The zero-order valence-corrected chi connectivity index (χ0v) is 26.8. The summed E-state index contributed by atoms with van der Waals surface area (Å²) in [6.45, 7) is 0. The summed E-state index contributed by atoms with van der Waals surface area (Å²) in [4.78, 5) is 10.5. The predicted octanol–water partition coefficient (Wildman–Crippen LogP) is 12.3. The molecule has 11 rings (SSSR count). The Morgan fingerprint density at radius 2 is 1.10 bits per heavy atom. The summed E-state index contributed by atoms with van der Waals surface area (Å²) in [7, 11) is 0. The van der Waals surface area contributed by atoms with Crippen molar-refractivity contribution < 1.29 is 4.42 Å². The fraction of sp³-hybridized carbons (Fsp3) is 0. The largest absolute Gasteiger partial charge is 0.455 e. The van der Waals surface area contributed by atoms with Crippen LogP contribution in [0.4, 0.5) is 0 Å². The highest BCUT2D eigenvalue weighted by molar-refractivity contribution is 6.19. The van der Waals surface area contributed by atoms with Crippen LogP contribution in [0, 0.1) is 0 Å². The lowest BCUT2D eigenvalue weighted by molar-refractivity contribution is 0.672. The molecule has 232 valence electrons. The van der Waals surface area contributed by atoms with Crippen LogP contribution in [0.5, 0.6) is 0 Å². The molecular weight excluding hydrogens is 611 g/mol. The molecular formula is C46H27N3O. The predicted molar refractivity (Wildman–Crippen MR) is 207 cm³/mol. The van der Waals surface area contributed by atoms with Crippen LogP contribution in [0.15, 0.2) is 168 Å². The number of aromatic nitrogens is 3. The molecule has 50 heavy (non-hydrogen) atoms. The number of rotatable bonds is 3. The SMILES string of the molecule is c1ccc2cc(-c3nc(-c4cc5c6cc(-n7c8ccccc8c8ccccc87)ccc6oc5c5ccccc45)nc4ccccc34)ccc2c1. The van der Waals surface area contributed by atoms with Gasteiger partial charge in [0.2, 0.25) is 0 Å². The Kier molecular flexibility index (Phi) is 5.63. The minimum absolute atomic E-state index is 0.692. The molecule has 4 nitrogen and oxygen atoms in total. The number of furan rings is 1. The van der Waals surface area contributed by atoms with Crippen LogP contribution in [-0.4, -0.2) is 14.5 Å². The Morgan fingerprint density at radius 1 is 0.440 bits per heavy atom. The minimum atomic E-state index is 0.692. The van der Waals surface area contributed by atoms with E-state index in [9.17, 15) is 0 Å². The number of nitrogens with zero attached hydrogens (tertiary/aromatic N) is 3. The summed E-state index contributed by atoms with van der Waals surface area (Å²) in [6, 6.07) is 57.8. The molecule has 8 aromatic carbocycles. The molecule has 0 unspecified atom stereocenters. The first-order valence-corrected chi connectivity index (χ1v) is 16.9. The van der Waals surface area contributed by atoms with E-state index in [0.29, 0.717) is 5.82 Å². The third-order valence-corrected chi connectivity index (χ3v) is 10.2. The van der Waals surface area contributed by atoms with E-state index in [-0.39, 0.29) is 0 Å². The Balaban J connectivity index is 1.18. The van der Waals surface area contributed by atoms with E-state index in [1.165, 1.54) is 32.6 Å². The van der Waals surface area contributed by atoms with Crippen molar-refractivity contribution in [3.63, 3.8) is 0 Å². The summed E-state index contributed by atoms with van der Waals surface area (Å²) in [6.07, 6.45) is 0. The third kappa shape index (κ3) is 3.93. The topological polar surface area (TPSA) is 43.9 Å². The average Bonchev–Trinajstić information content (AvgIpc) is 3.72. The highest BCUT2D eigenvalue weighted by atomic mass is 16.3. The maximum atomic E-state index is 6.66. The Bertz CT molecular complexity index is 3110. The molecule has 0 aliphatic carbocycles. The molecule has 3 heterocycles. The van der Waals surface area contributed by atoms with Crippen molar-refractivity contribution in [1.29, 1.82) is 0 Å². The Morgan fingerprint density at radius 3 is 1.90 bits per heavy atom. The van der Waals surface area contributed by atoms with E-state index in [0.717, 1.165) is 66.1 Å². The molecule has 0 aliphatic heterocycles. The first-order chi connectivity index (χ1) is 24.8. The maximum Gasteiger partial charge on any atom is 0.161 e. The van der Waals surface area contributed by atoms with Gasteiger partial charge in [0, 0.05) is 49.1 Å². The van der Waals surface area contributed by atoms with Crippen LogP contribution >= 0.6 is 0 Å². The lowest BCUT2D eigenvalue weighted by atomic mass is 9.98. The number of para-hydroxylation sites is 3. The lowest BCUT2D eigenvalue weighted by Gasteiger charge is -2.12. The summed E-state index contributed by atoms with van der Waals surface area (Å²) in [5.74, 6) is 0.692. The smallest absolute Gasteiger partial charge is 0.161 e. The monoisotopic (exact) mass is 637 g/mol. The number of hydrogen-bond acceptors (Lipinski definition) is 3. The highest BCUT2D eigenvalue weighted by Gasteiger charge is 2.20. The van der Waals surface area contributed by atoms with Crippen molar-refractivity contribution in [2.24, 2.45) is 0 Å². The minimum Gasteiger partial charge on any atom is -0.455 e. The van der Waals surface area contributed by atoms with E-state index in [2.05, 4.69) is 162 Å². The van der Waals surface area contributed by atoms with Gasteiger partial charge in [-0.2, -0.15) is 0 Å². The van der Waals surface area contributed by atoms with Crippen LogP contribution in [0.25, 0.3) is 105 Å². The standard InChI is InChI=1S/C46H27N3O/c1-2-12-29-25-30(22-21-28(29)11-1)44-36-17-5-8-18-40(36)47-46(48-44)39-27-38-37-26-31(23-24-43(37)50-45(38)35-16-4-3-13-32(35)39)49-41-19-9-6-14-33(41)34-15-7-10-20-42(34)49/h1-27H. The van der Waals surface area contributed by atoms with Gasteiger partial charge in [-0.15, -0.1) is 0 Å². The molecule has 0 bridgehead atoms. The van der Waals surface area contributed by atoms with E-state index < -0.39 is 0 Å². The van der Waals surface area contributed by atoms with Gasteiger partial charge in [0.05, 0.1) is 22.2 Å². The van der Waals surface area contributed by atoms with Gasteiger partial charge in [-0.25, -0.2) is 9.97 Å². The van der Waals surface area contributed by atoms with Gasteiger partial charge in [0.1, 0.15) is 11.2 Å². The zero-order valence-electron chi connectivity index (χ0n) is 26.8. The van der Waals surface area contributed by atoms with Gasteiger partial charge >= 0.3 is 0 Å². The third-order valence-electron chi connectivity index (χ3n) is 10.2. The van der Waals surface area contributed by atoms with E-state index in [4.69, 9.17) is 14.4 Å². The number of benzene rings is 8. The van der Waals surface area contributed by atoms with Crippen molar-refractivity contribution in [3.05, 3.63) is 164 Å². The van der Waals surface area contributed by atoms with Gasteiger partial charge in [-0.05, 0) is 64.7 Å². The molecule has 0 aliphatic rings. The summed E-state index contributed by atoms with van der Waals surface area (Å²) < 4.78 is 9.01. The average molecular weight is 638 g/mol. The number of hydrogen-bond donors (Lipinski definition) is 0. The molecule has 0 saturated heterocycles. The Labute approximate surface area is 286 Å². The summed E-state index contributed by atoms with van der Waals surface area (Å²) in [5.41, 5.74) is 9.05. The van der Waals surface area contributed by atoms with Gasteiger partial charge < -0.3 is 8.98 Å². The molecule has 3 aromatic heterocycles. The van der Waals surface area contributed by atoms with Crippen LogP contribution in [-0.2, 0) is 0 Å². The Hall–Kier alpha value is -6.78. The molecule has 0 amide bonds. The molecule has 0 saturated carbocycles. The summed E-state index contributed by atoms with van der Waals surface area (Å²) in [5, 5.41) is 10.1. The van der Waals surface area contributed by atoms with Crippen LogP contribution in [0.2, 0.25) is 0 Å². The molecule has 11 aromatic rings. The van der Waals surface area contributed by atoms with Crippen molar-refractivity contribution >= 4 is 76.2 Å². The van der Waals surface area contributed by atoms with Crippen molar-refractivity contribution in [1.82, 2.24) is 14.5 Å². The lowest BCUT2D eigenvalue weighted by Crippen LogP contribution is -1.96. The van der Waals surface area contributed by atoms with E-state index in [1.807, 2.05) is 6.07 Å². The summed E-state index contributed by atoms with van der Waals surface area (Å²) >= 11 is 0. The van der Waals surface area contributed by atoms with Gasteiger partial charge in [-0.1, -0.05) is 115 Å². The first kappa shape index (κ1) is 27.2.